The van der Waals surface area contributed by atoms with E-state index in [2.05, 4.69) is 10.2 Å². The molecule has 0 heterocycles. The SMILES string of the molecule is CN(C)C1(CNc2cccc(F)c2[N+](=O)[O-])CCCC1. The topological polar surface area (TPSA) is 58.4 Å². The Kier molecular flexibility index (Phi) is 4.23. The predicted octanol–water partition coefficient (Wildman–Crippen LogP) is 3.02. The van der Waals surface area contributed by atoms with Crippen molar-refractivity contribution in [1.29, 1.82) is 0 Å². The summed E-state index contributed by atoms with van der Waals surface area (Å²) in [4.78, 5) is 12.5. The fraction of sp³-hybridized carbons (Fsp3) is 0.571. The fourth-order valence-electron chi connectivity index (χ4n) is 2.92. The number of anilines is 1. The summed E-state index contributed by atoms with van der Waals surface area (Å²) in [7, 11) is 4.04. The second-order valence-corrected chi connectivity index (χ2v) is 5.57. The van der Waals surface area contributed by atoms with Gasteiger partial charge < -0.3 is 10.2 Å². The minimum absolute atomic E-state index is 0.000185. The molecule has 20 heavy (non-hydrogen) atoms. The van der Waals surface area contributed by atoms with Crippen LogP contribution in [0.5, 0.6) is 0 Å². The van der Waals surface area contributed by atoms with Gasteiger partial charge in [-0.3, -0.25) is 10.1 Å². The van der Waals surface area contributed by atoms with Crippen molar-refractivity contribution in [3.05, 3.63) is 34.1 Å². The fourth-order valence-corrected chi connectivity index (χ4v) is 2.92. The first-order valence-corrected chi connectivity index (χ1v) is 6.80. The summed E-state index contributed by atoms with van der Waals surface area (Å²) in [6, 6.07) is 4.15. The van der Waals surface area contributed by atoms with Gasteiger partial charge in [0.1, 0.15) is 5.69 Å². The quantitative estimate of drug-likeness (QED) is 0.665. The molecule has 0 radical (unpaired) electrons. The highest BCUT2D eigenvalue weighted by atomic mass is 19.1. The van der Waals surface area contributed by atoms with Gasteiger partial charge in [-0.05, 0) is 39.1 Å². The number of hydrogen-bond acceptors (Lipinski definition) is 4. The number of hydrogen-bond donors (Lipinski definition) is 1. The van der Waals surface area contributed by atoms with E-state index in [0.29, 0.717) is 6.54 Å². The van der Waals surface area contributed by atoms with Gasteiger partial charge in [0.2, 0.25) is 5.82 Å². The number of halogens is 1. The molecule has 0 atom stereocenters. The molecule has 2 rings (SSSR count). The van der Waals surface area contributed by atoms with Crippen LogP contribution in [0.4, 0.5) is 15.8 Å². The lowest BCUT2D eigenvalue weighted by Gasteiger charge is -2.36. The summed E-state index contributed by atoms with van der Waals surface area (Å²) >= 11 is 0. The number of rotatable bonds is 5. The average molecular weight is 281 g/mol. The average Bonchev–Trinajstić information content (AvgIpc) is 2.86. The molecule has 0 aliphatic heterocycles. The Hall–Kier alpha value is -1.69. The molecule has 5 nitrogen and oxygen atoms in total. The van der Waals surface area contributed by atoms with Gasteiger partial charge in [-0.25, -0.2) is 0 Å². The Morgan fingerprint density at radius 2 is 2.05 bits per heavy atom. The first kappa shape index (κ1) is 14.7. The molecular weight excluding hydrogens is 261 g/mol. The van der Waals surface area contributed by atoms with E-state index < -0.39 is 16.4 Å². The van der Waals surface area contributed by atoms with E-state index in [1.165, 1.54) is 6.07 Å². The van der Waals surface area contributed by atoms with E-state index in [-0.39, 0.29) is 11.2 Å². The number of para-hydroxylation sites is 1. The molecule has 0 spiro atoms. The molecule has 0 amide bonds. The van der Waals surface area contributed by atoms with E-state index >= 15 is 0 Å². The van der Waals surface area contributed by atoms with Gasteiger partial charge in [0.15, 0.2) is 0 Å². The van der Waals surface area contributed by atoms with Crippen LogP contribution in [0, 0.1) is 15.9 Å². The first-order chi connectivity index (χ1) is 9.46. The highest BCUT2D eigenvalue weighted by Crippen LogP contribution is 2.35. The highest BCUT2D eigenvalue weighted by Gasteiger charge is 2.36. The zero-order valence-corrected chi connectivity index (χ0v) is 11.9. The molecule has 0 bridgehead atoms. The van der Waals surface area contributed by atoms with Crippen LogP contribution in [0.2, 0.25) is 0 Å². The maximum Gasteiger partial charge on any atom is 0.327 e. The van der Waals surface area contributed by atoms with Crippen LogP contribution in [-0.2, 0) is 0 Å². The number of nitro groups is 1. The van der Waals surface area contributed by atoms with Gasteiger partial charge in [-0.2, -0.15) is 4.39 Å². The van der Waals surface area contributed by atoms with Crippen molar-refractivity contribution in [3.8, 4) is 0 Å². The number of nitrogens with one attached hydrogen (secondary N) is 1. The van der Waals surface area contributed by atoms with Crippen LogP contribution < -0.4 is 5.32 Å². The second-order valence-electron chi connectivity index (χ2n) is 5.57. The van der Waals surface area contributed by atoms with Crippen molar-refractivity contribution in [2.24, 2.45) is 0 Å². The molecule has 1 aromatic carbocycles. The molecule has 6 heteroatoms. The van der Waals surface area contributed by atoms with E-state index in [9.17, 15) is 14.5 Å². The van der Waals surface area contributed by atoms with Crippen molar-refractivity contribution in [2.75, 3.05) is 26.0 Å². The van der Waals surface area contributed by atoms with Crippen molar-refractivity contribution in [2.45, 2.75) is 31.2 Å². The lowest BCUT2D eigenvalue weighted by molar-refractivity contribution is -0.386. The first-order valence-electron chi connectivity index (χ1n) is 6.80. The van der Waals surface area contributed by atoms with E-state index in [1.54, 1.807) is 6.07 Å². The van der Waals surface area contributed by atoms with Gasteiger partial charge in [0.05, 0.1) is 4.92 Å². The molecule has 1 aromatic rings. The summed E-state index contributed by atoms with van der Waals surface area (Å²) in [5.41, 5.74) is -0.220. The molecular formula is C14H20FN3O2. The van der Waals surface area contributed by atoms with Crippen LogP contribution >= 0.6 is 0 Å². The molecule has 1 aliphatic rings. The van der Waals surface area contributed by atoms with Gasteiger partial charge in [0, 0.05) is 12.1 Å². The molecule has 1 saturated carbocycles. The second kappa shape index (κ2) is 5.75. The van der Waals surface area contributed by atoms with E-state index in [4.69, 9.17) is 0 Å². The standard InChI is InChI=1S/C14H20FN3O2/c1-17(2)14(8-3-4-9-14)10-16-12-7-5-6-11(15)13(12)18(19)20/h5-7,16H,3-4,8-10H2,1-2H3. The van der Waals surface area contributed by atoms with Crippen molar-refractivity contribution < 1.29 is 9.31 Å². The van der Waals surface area contributed by atoms with Gasteiger partial charge in [-0.1, -0.05) is 18.9 Å². The molecule has 0 saturated heterocycles. The van der Waals surface area contributed by atoms with Crippen molar-refractivity contribution in [3.63, 3.8) is 0 Å². The third-order valence-corrected chi connectivity index (χ3v) is 4.26. The Labute approximate surface area is 117 Å². The van der Waals surface area contributed by atoms with Crippen LogP contribution in [0.25, 0.3) is 0 Å². The third-order valence-electron chi connectivity index (χ3n) is 4.26. The van der Waals surface area contributed by atoms with E-state index in [1.807, 2.05) is 14.1 Å². The zero-order valence-electron chi connectivity index (χ0n) is 11.9. The molecule has 1 N–H and O–H groups in total. The minimum atomic E-state index is -0.801. The Morgan fingerprint density at radius 3 is 2.60 bits per heavy atom. The molecule has 0 unspecified atom stereocenters. The minimum Gasteiger partial charge on any atom is -0.378 e. The number of benzene rings is 1. The van der Waals surface area contributed by atoms with Crippen LogP contribution in [-0.4, -0.2) is 36.0 Å². The maximum absolute atomic E-state index is 13.6. The summed E-state index contributed by atoms with van der Waals surface area (Å²) < 4.78 is 13.6. The van der Waals surface area contributed by atoms with Crippen molar-refractivity contribution >= 4 is 11.4 Å². The van der Waals surface area contributed by atoms with Gasteiger partial charge >= 0.3 is 5.69 Å². The number of likely N-dealkylation sites (N-methyl/N-ethyl adjacent to an activating group) is 1. The predicted molar refractivity (Wildman–Crippen MR) is 76.4 cm³/mol. The van der Waals surface area contributed by atoms with Gasteiger partial charge in [0.25, 0.3) is 0 Å². The Morgan fingerprint density at radius 1 is 1.40 bits per heavy atom. The molecule has 0 aromatic heterocycles. The normalized spacial score (nSPS) is 17.4. The molecule has 1 fully saturated rings. The largest absolute Gasteiger partial charge is 0.378 e. The van der Waals surface area contributed by atoms with Crippen LogP contribution in [0.1, 0.15) is 25.7 Å². The van der Waals surface area contributed by atoms with Crippen LogP contribution in [0.3, 0.4) is 0 Å². The number of nitro benzene ring substituents is 1. The monoisotopic (exact) mass is 281 g/mol. The summed E-state index contributed by atoms with van der Waals surface area (Å²) in [5.74, 6) is -0.801. The molecule has 110 valence electrons. The maximum atomic E-state index is 13.6. The highest BCUT2D eigenvalue weighted by molar-refractivity contribution is 5.62. The molecule has 1 aliphatic carbocycles. The van der Waals surface area contributed by atoms with E-state index in [0.717, 1.165) is 31.7 Å². The summed E-state index contributed by atoms with van der Waals surface area (Å²) in [6.07, 6.45) is 4.42. The lowest BCUT2D eigenvalue weighted by Crippen LogP contribution is -2.47. The Bertz CT molecular complexity index is 499. The zero-order chi connectivity index (χ0) is 14.8. The van der Waals surface area contributed by atoms with Crippen LogP contribution in [0.15, 0.2) is 18.2 Å². The van der Waals surface area contributed by atoms with Crippen molar-refractivity contribution in [1.82, 2.24) is 4.90 Å². The van der Waals surface area contributed by atoms with Gasteiger partial charge in [-0.15, -0.1) is 0 Å². The number of nitrogens with zero attached hydrogens (tertiary/aromatic N) is 2. The lowest BCUT2D eigenvalue weighted by atomic mass is 9.96. The summed E-state index contributed by atoms with van der Waals surface area (Å²) in [5, 5.41) is 14.0. The smallest absolute Gasteiger partial charge is 0.327 e. The summed E-state index contributed by atoms with van der Waals surface area (Å²) in [6.45, 7) is 0.588. The third kappa shape index (κ3) is 2.75. The Balaban J connectivity index is 2.19.